The Kier molecular flexibility index (Phi) is 4.60. The molecule has 0 saturated carbocycles. The van der Waals surface area contributed by atoms with E-state index in [-0.39, 0.29) is 15.7 Å². The number of aromatic nitrogens is 2. The number of benzene rings is 1. The van der Waals surface area contributed by atoms with E-state index >= 15 is 0 Å². The Labute approximate surface area is 137 Å². The van der Waals surface area contributed by atoms with E-state index in [0.717, 1.165) is 7.05 Å². The van der Waals surface area contributed by atoms with Crippen LogP contribution in [0.5, 0.6) is 0 Å². The summed E-state index contributed by atoms with van der Waals surface area (Å²) in [4.78, 5) is 12.0. The molecule has 0 saturated heterocycles. The average Bonchev–Trinajstić information content (AvgIpc) is 2.69. The second-order valence-electron chi connectivity index (χ2n) is 4.22. The molecule has 2 rings (SSSR count). The number of hydrogen-bond acceptors (Lipinski definition) is 2. The van der Waals surface area contributed by atoms with E-state index < -0.39 is 28.5 Å². The number of rotatable bonds is 2. The first-order chi connectivity index (χ1) is 10.1. The smallest absolute Gasteiger partial charge is 0.320 e. The minimum Gasteiger partial charge on any atom is -0.320 e. The van der Waals surface area contributed by atoms with E-state index in [4.69, 9.17) is 34.8 Å². The molecule has 118 valence electrons. The Morgan fingerprint density at radius 3 is 2.36 bits per heavy atom. The van der Waals surface area contributed by atoms with E-state index in [1.165, 1.54) is 18.2 Å². The Hall–Kier alpha value is -1.44. The second-order valence-corrected chi connectivity index (χ2v) is 5.41. The van der Waals surface area contributed by atoms with E-state index in [1.807, 2.05) is 0 Å². The molecule has 0 aliphatic rings. The van der Waals surface area contributed by atoms with Gasteiger partial charge in [-0.25, -0.2) is 0 Å². The molecule has 0 atom stereocenters. The number of anilines is 1. The van der Waals surface area contributed by atoms with Gasteiger partial charge in [0.1, 0.15) is 5.02 Å². The molecule has 0 aliphatic heterocycles. The zero-order valence-electron chi connectivity index (χ0n) is 10.8. The number of carbonyl (C=O) groups is 1. The highest BCUT2D eigenvalue weighted by molar-refractivity contribution is 6.42. The third kappa shape index (κ3) is 3.31. The standard InChI is InChI=1S/C12H7Cl3F3N3O/c1-21-10(12(16,17)18)8(15)9(20-21)11(22)19-5-2-3-6(13)7(14)4-5/h2-4H,1H3,(H,19,22). The third-order valence-corrected chi connectivity index (χ3v) is 3.75. The third-order valence-electron chi connectivity index (χ3n) is 2.65. The summed E-state index contributed by atoms with van der Waals surface area (Å²) in [5.74, 6) is -0.894. The molecule has 0 radical (unpaired) electrons. The number of nitrogens with one attached hydrogen (secondary N) is 1. The average molecular weight is 373 g/mol. The number of hydrogen-bond donors (Lipinski definition) is 1. The zero-order chi connectivity index (χ0) is 16.7. The first-order valence-corrected chi connectivity index (χ1v) is 6.80. The zero-order valence-corrected chi connectivity index (χ0v) is 13.1. The molecule has 22 heavy (non-hydrogen) atoms. The number of aryl methyl sites for hydroxylation is 1. The molecule has 0 spiro atoms. The number of amides is 1. The van der Waals surface area contributed by atoms with Gasteiger partial charge >= 0.3 is 6.18 Å². The van der Waals surface area contributed by atoms with Gasteiger partial charge in [-0.1, -0.05) is 34.8 Å². The van der Waals surface area contributed by atoms with Crippen LogP contribution in [-0.2, 0) is 13.2 Å². The molecular weight excluding hydrogens is 366 g/mol. The first-order valence-electron chi connectivity index (χ1n) is 5.67. The quantitative estimate of drug-likeness (QED) is 0.834. The van der Waals surface area contributed by atoms with Crippen LogP contribution in [0.3, 0.4) is 0 Å². The largest absolute Gasteiger partial charge is 0.434 e. The summed E-state index contributed by atoms with van der Waals surface area (Å²) in [7, 11) is 1.05. The monoisotopic (exact) mass is 371 g/mol. The summed E-state index contributed by atoms with van der Waals surface area (Å²) in [6, 6.07) is 4.22. The maximum Gasteiger partial charge on any atom is 0.434 e. The van der Waals surface area contributed by atoms with Crippen LogP contribution in [0.25, 0.3) is 0 Å². The summed E-state index contributed by atoms with van der Waals surface area (Å²) in [6.07, 6.45) is -4.72. The summed E-state index contributed by atoms with van der Waals surface area (Å²) in [5, 5.41) is 5.54. The molecule has 1 aromatic carbocycles. The van der Waals surface area contributed by atoms with Gasteiger partial charge < -0.3 is 5.32 Å². The highest BCUT2D eigenvalue weighted by Gasteiger charge is 2.40. The van der Waals surface area contributed by atoms with Crippen LogP contribution in [0.1, 0.15) is 16.2 Å². The minimum atomic E-state index is -4.72. The molecule has 0 aliphatic carbocycles. The number of alkyl halides is 3. The molecule has 1 heterocycles. The van der Waals surface area contributed by atoms with Gasteiger partial charge in [0, 0.05) is 12.7 Å². The van der Waals surface area contributed by atoms with Crippen molar-refractivity contribution in [3.63, 3.8) is 0 Å². The molecule has 1 aromatic heterocycles. The fourth-order valence-corrected chi connectivity index (χ4v) is 2.37. The van der Waals surface area contributed by atoms with Gasteiger partial charge in [-0.2, -0.15) is 18.3 Å². The lowest BCUT2D eigenvalue weighted by molar-refractivity contribution is -0.143. The fraction of sp³-hybridized carbons (Fsp3) is 0.167. The van der Waals surface area contributed by atoms with Crippen LogP contribution >= 0.6 is 34.8 Å². The van der Waals surface area contributed by atoms with Gasteiger partial charge in [-0.15, -0.1) is 0 Å². The predicted octanol–water partition coefficient (Wildman–Crippen LogP) is 4.65. The van der Waals surface area contributed by atoms with E-state index in [0.29, 0.717) is 4.68 Å². The van der Waals surface area contributed by atoms with Crippen molar-refractivity contribution in [1.29, 1.82) is 0 Å². The maximum atomic E-state index is 12.8. The number of carbonyl (C=O) groups excluding carboxylic acids is 1. The Balaban J connectivity index is 2.32. The van der Waals surface area contributed by atoms with Gasteiger partial charge in [0.25, 0.3) is 5.91 Å². The lowest BCUT2D eigenvalue weighted by Crippen LogP contribution is -2.13. The van der Waals surface area contributed by atoms with Crippen molar-refractivity contribution in [1.82, 2.24) is 9.78 Å². The van der Waals surface area contributed by atoms with Crippen LogP contribution in [0.2, 0.25) is 15.1 Å². The van der Waals surface area contributed by atoms with Crippen LogP contribution < -0.4 is 5.32 Å². The van der Waals surface area contributed by atoms with Crippen molar-refractivity contribution in [3.8, 4) is 0 Å². The molecular formula is C12H7Cl3F3N3O. The van der Waals surface area contributed by atoms with Crippen molar-refractivity contribution >= 4 is 46.4 Å². The predicted molar refractivity (Wildman–Crippen MR) is 77.6 cm³/mol. The van der Waals surface area contributed by atoms with Gasteiger partial charge in [-0.05, 0) is 18.2 Å². The van der Waals surface area contributed by atoms with Gasteiger partial charge in [0.05, 0.1) is 10.0 Å². The Bertz CT molecular complexity index is 743. The Morgan fingerprint density at radius 2 is 1.86 bits per heavy atom. The van der Waals surface area contributed by atoms with E-state index in [9.17, 15) is 18.0 Å². The van der Waals surface area contributed by atoms with Gasteiger partial charge in [0.2, 0.25) is 0 Å². The lowest BCUT2D eigenvalue weighted by Gasteiger charge is -2.06. The lowest BCUT2D eigenvalue weighted by atomic mass is 10.3. The summed E-state index contributed by atoms with van der Waals surface area (Å²) >= 11 is 17.1. The van der Waals surface area contributed by atoms with Crippen molar-refractivity contribution in [2.24, 2.45) is 7.05 Å². The van der Waals surface area contributed by atoms with Crippen LogP contribution in [0, 0.1) is 0 Å². The second kappa shape index (κ2) is 5.98. The molecule has 0 bridgehead atoms. The summed E-state index contributed by atoms with van der Waals surface area (Å²) in [6.45, 7) is 0. The summed E-state index contributed by atoms with van der Waals surface area (Å²) in [5.41, 5.74) is -1.49. The van der Waals surface area contributed by atoms with Crippen molar-refractivity contribution in [2.75, 3.05) is 5.32 Å². The van der Waals surface area contributed by atoms with Crippen LogP contribution in [0.15, 0.2) is 18.2 Å². The van der Waals surface area contributed by atoms with Crippen molar-refractivity contribution < 1.29 is 18.0 Å². The van der Waals surface area contributed by atoms with Crippen molar-refractivity contribution in [2.45, 2.75) is 6.18 Å². The normalized spacial score (nSPS) is 11.6. The molecule has 1 N–H and O–H groups in total. The molecule has 4 nitrogen and oxygen atoms in total. The van der Waals surface area contributed by atoms with E-state index in [1.54, 1.807) is 0 Å². The van der Waals surface area contributed by atoms with E-state index in [2.05, 4.69) is 10.4 Å². The molecule has 2 aromatic rings. The number of nitrogens with zero attached hydrogens (tertiary/aromatic N) is 2. The van der Waals surface area contributed by atoms with Crippen molar-refractivity contribution in [3.05, 3.63) is 44.7 Å². The fourth-order valence-electron chi connectivity index (χ4n) is 1.72. The summed E-state index contributed by atoms with van der Waals surface area (Å²) < 4.78 is 38.9. The topological polar surface area (TPSA) is 46.9 Å². The van der Waals surface area contributed by atoms with Gasteiger partial charge in [0.15, 0.2) is 11.4 Å². The molecule has 0 fully saturated rings. The number of halogens is 6. The maximum absolute atomic E-state index is 12.8. The first kappa shape index (κ1) is 16.9. The van der Waals surface area contributed by atoms with Gasteiger partial charge in [-0.3, -0.25) is 9.48 Å². The molecule has 10 heteroatoms. The minimum absolute atomic E-state index is 0.183. The highest BCUT2D eigenvalue weighted by Crippen LogP contribution is 2.36. The Morgan fingerprint density at radius 1 is 1.23 bits per heavy atom. The molecule has 0 unspecified atom stereocenters. The highest BCUT2D eigenvalue weighted by atomic mass is 35.5. The van der Waals surface area contributed by atoms with Crippen LogP contribution in [-0.4, -0.2) is 15.7 Å². The SMILES string of the molecule is Cn1nc(C(=O)Nc2ccc(Cl)c(Cl)c2)c(Cl)c1C(F)(F)F. The molecule has 1 amide bonds. The van der Waals surface area contributed by atoms with Crippen LogP contribution in [0.4, 0.5) is 18.9 Å².